The SMILES string of the molecule is CC(C)(C)OC(=O)[C@@](C)(N)CCCN. The van der Waals surface area contributed by atoms with Crippen molar-refractivity contribution in [3.05, 3.63) is 0 Å². The Morgan fingerprint density at radius 2 is 1.79 bits per heavy atom. The molecule has 0 amide bonds. The maximum Gasteiger partial charge on any atom is 0.326 e. The van der Waals surface area contributed by atoms with Crippen LogP contribution in [-0.2, 0) is 9.53 Å². The number of esters is 1. The van der Waals surface area contributed by atoms with E-state index >= 15 is 0 Å². The fourth-order valence-corrected chi connectivity index (χ4v) is 0.966. The van der Waals surface area contributed by atoms with E-state index in [0.717, 1.165) is 6.42 Å². The average Bonchev–Trinajstić information content (AvgIpc) is 1.97. The van der Waals surface area contributed by atoms with E-state index in [2.05, 4.69) is 0 Å². The Labute approximate surface area is 86.0 Å². The van der Waals surface area contributed by atoms with Gasteiger partial charge in [0.25, 0.3) is 0 Å². The number of hydrogen-bond donors (Lipinski definition) is 2. The highest BCUT2D eigenvalue weighted by atomic mass is 16.6. The van der Waals surface area contributed by atoms with Crippen molar-refractivity contribution >= 4 is 5.97 Å². The molecule has 0 aliphatic carbocycles. The minimum Gasteiger partial charge on any atom is -0.459 e. The van der Waals surface area contributed by atoms with Crippen molar-refractivity contribution in [1.82, 2.24) is 0 Å². The van der Waals surface area contributed by atoms with E-state index in [4.69, 9.17) is 16.2 Å². The molecule has 4 heteroatoms. The summed E-state index contributed by atoms with van der Waals surface area (Å²) in [6, 6.07) is 0. The molecular formula is C10H22N2O2. The van der Waals surface area contributed by atoms with Gasteiger partial charge in [-0.25, -0.2) is 0 Å². The Morgan fingerprint density at radius 1 is 1.29 bits per heavy atom. The summed E-state index contributed by atoms with van der Waals surface area (Å²) in [5, 5.41) is 0. The van der Waals surface area contributed by atoms with Crippen LogP contribution in [0.25, 0.3) is 0 Å². The van der Waals surface area contributed by atoms with E-state index in [1.165, 1.54) is 0 Å². The molecule has 0 unspecified atom stereocenters. The molecule has 84 valence electrons. The van der Waals surface area contributed by atoms with Crippen LogP contribution in [0.1, 0.15) is 40.5 Å². The van der Waals surface area contributed by atoms with Gasteiger partial charge in [-0.05, 0) is 47.1 Å². The maximum absolute atomic E-state index is 11.6. The second-order valence-corrected chi connectivity index (χ2v) is 4.81. The molecule has 0 heterocycles. The molecule has 0 bridgehead atoms. The standard InChI is InChI=1S/C10H22N2O2/c1-9(2,3)14-8(13)10(4,12)6-5-7-11/h5-7,11-12H2,1-4H3/t10-/m0/s1. The van der Waals surface area contributed by atoms with Gasteiger partial charge in [0, 0.05) is 0 Å². The lowest BCUT2D eigenvalue weighted by Crippen LogP contribution is -2.48. The molecule has 0 fully saturated rings. The normalized spacial score (nSPS) is 16.1. The molecule has 0 spiro atoms. The summed E-state index contributed by atoms with van der Waals surface area (Å²) in [4.78, 5) is 11.6. The summed E-state index contributed by atoms with van der Waals surface area (Å²) >= 11 is 0. The number of nitrogens with two attached hydrogens (primary N) is 2. The molecular weight excluding hydrogens is 180 g/mol. The molecule has 4 nitrogen and oxygen atoms in total. The average molecular weight is 202 g/mol. The summed E-state index contributed by atoms with van der Waals surface area (Å²) in [6.45, 7) is 7.68. The first-order valence-corrected chi connectivity index (χ1v) is 4.91. The molecule has 1 atom stereocenters. The molecule has 0 aromatic rings. The lowest BCUT2D eigenvalue weighted by Gasteiger charge is -2.28. The molecule has 0 saturated heterocycles. The first-order valence-electron chi connectivity index (χ1n) is 4.91. The van der Waals surface area contributed by atoms with E-state index in [9.17, 15) is 4.79 Å². The smallest absolute Gasteiger partial charge is 0.326 e. The lowest BCUT2D eigenvalue weighted by molar-refractivity contribution is -0.161. The van der Waals surface area contributed by atoms with E-state index in [0.29, 0.717) is 13.0 Å². The van der Waals surface area contributed by atoms with Crippen LogP contribution in [0.15, 0.2) is 0 Å². The van der Waals surface area contributed by atoms with E-state index in [-0.39, 0.29) is 5.97 Å². The van der Waals surface area contributed by atoms with Crippen LogP contribution in [0.2, 0.25) is 0 Å². The van der Waals surface area contributed by atoms with Crippen LogP contribution in [0.3, 0.4) is 0 Å². The molecule has 4 N–H and O–H groups in total. The molecule has 0 aromatic carbocycles. The quantitative estimate of drug-likeness (QED) is 0.660. The Kier molecular flexibility index (Phi) is 4.55. The number of ether oxygens (including phenoxy) is 1. The minimum absolute atomic E-state index is 0.363. The third-order valence-electron chi connectivity index (χ3n) is 1.77. The number of hydrogen-bond acceptors (Lipinski definition) is 4. The van der Waals surface area contributed by atoms with Gasteiger partial charge >= 0.3 is 5.97 Å². The first kappa shape index (κ1) is 13.4. The molecule has 0 aliphatic rings. The van der Waals surface area contributed by atoms with Gasteiger partial charge in [0.1, 0.15) is 11.1 Å². The van der Waals surface area contributed by atoms with Crippen molar-refractivity contribution in [3.8, 4) is 0 Å². The molecule has 14 heavy (non-hydrogen) atoms. The highest BCUT2D eigenvalue weighted by Crippen LogP contribution is 2.16. The second kappa shape index (κ2) is 4.75. The second-order valence-electron chi connectivity index (χ2n) is 4.81. The van der Waals surface area contributed by atoms with Crippen LogP contribution in [-0.4, -0.2) is 23.7 Å². The molecule has 0 rings (SSSR count). The minimum atomic E-state index is -0.924. The Hall–Kier alpha value is -0.610. The number of rotatable bonds is 4. The van der Waals surface area contributed by atoms with Gasteiger partial charge in [-0.3, -0.25) is 4.79 Å². The zero-order valence-corrected chi connectivity index (χ0v) is 9.59. The Morgan fingerprint density at radius 3 is 2.14 bits per heavy atom. The zero-order valence-electron chi connectivity index (χ0n) is 9.59. The highest BCUT2D eigenvalue weighted by molar-refractivity contribution is 5.80. The predicted octanol–water partition coefficient (Wildman–Crippen LogP) is 0.784. The van der Waals surface area contributed by atoms with Gasteiger partial charge in [-0.15, -0.1) is 0 Å². The molecule has 0 aromatic heterocycles. The molecule has 0 aliphatic heterocycles. The third-order valence-corrected chi connectivity index (χ3v) is 1.77. The largest absolute Gasteiger partial charge is 0.459 e. The van der Waals surface area contributed by atoms with Crippen LogP contribution in [0, 0.1) is 0 Å². The van der Waals surface area contributed by atoms with E-state index in [1.54, 1.807) is 6.92 Å². The van der Waals surface area contributed by atoms with Crippen molar-refractivity contribution in [1.29, 1.82) is 0 Å². The van der Waals surface area contributed by atoms with E-state index < -0.39 is 11.1 Å². The van der Waals surface area contributed by atoms with Gasteiger partial charge in [0.05, 0.1) is 0 Å². The van der Waals surface area contributed by atoms with Crippen molar-refractivity contribution in [2.75, 3.05) is 6.54 Å². The summed E-state index contributed by atoms with van der Waals surface area (Å²) in [6.07, 6.45) is 1.28. The first-order chi connectivity index (χ1) is 6.19. The van der Waals surface area contributed by atoms with Crippen molar-refractivity contribution in [2.45, 2.75) is 51.7 Å². The van der Waals surface area contributed by atoms with Gasteiger partial charge in [-0.1, -0.05) is 0 Å². The maximum atomic E-state index is 11.6. The fraction of sp³-hybridized carbons (Fsp3) is 0.900. The summed E-state index contributed by atoms with van der Waals surface area (Å²) in [5.41, 5.74) is 9.77. The van der Waals surface area contributed by atoms with Crippen LogP contribution < -0.4 is 11.5 Å². The monoisotopic (exact) mass is 202 g/mol. The lowest BCUT2D eigenvalue weighted by atomic mass is 9.97. The Bertz CT molecular complexity index is 195. The number of carbonyl (C=O) groups excluding carboxylic acids is 1. The van der Waals surface area contributed by atoms with Gasteiger partial charge in [0.2, 0.25) is 0 Å². The van der Waals surface area contributed by atoms with Gasteiger partial charge < -0.3 is 16.2 Å². The predicted molar refractivity (Wildman–Crippen MR) is 56.7 cm³/mol. The van der Waals surface area contributed by atoms with E-state index in [1.807, 2.05) is 20.8 Å². The zero-order chi connectivity index (χ0) is 11.4. The summed E-state index contributed by atoms with van der Waals surface area (Å²) in [5.74, 6) is -0.363. The van der Waals surface area contributed by atoms with Gasteiger partial charge in [-0.2, -0.15) is 0 Å². The third kappa shape index (κ3) is 5.19. The Balaban J connectivity index is 4.21. The number of carbonyl (C=O) groups is 1. The highest BCUT2D eigenvalue weighted by Gasteiger charge is 2.32. The topological polar surface area (TPSA) is 78.3 Å². The summed E-state index contributed by atoms with van der Waals surface area (Å²) < 4.78 is 5.19. The van der Waals surface area contributed by atoms with Crippen molar-refractivity contribution in [3.63, 3.8) is 0 Å². The van der Waals surface area contributed by atoms with Gasteiger partial charge in [0.15, 0.2) is 0 Å². The van der Waals surface area contributed by atoms with Crippen LogP contribution >= 0.6 is 0 Å². The van der Waals surface area contributed by atoms with Crippen LogP contribution in [0.5, 0.6) is 0 Å². The van der Waals surface area contributed by atoms with Crippen LogP contribution in [0.4, 0.5) is 0 Å². The van der Waals surface area contributed by atoms with Crippen molar-refractivity contribution < 1.29 is 9.53 Å². The molecule has 0 radical (unpaired) electrons. The summed E-state index contributed by atoms with van der Waals surface area (Å²) in [7, 11) is 0. The molecule has 0 saturated carbocycles. The van der Waals surface area contributed by atoms with Crippen molar-refractivity contribution in [2.24, 2.45) is 11.5 Å². The fourth-order valence-electron chi connectivity index (χ4n) is 0.966.